The fraction of sp³-hybridized carbons (Fsp3) is 0.233. The number of benzene rings is 3. The molecular formula is C30H28N4O3. The molecule has 0 bridgehead atoms. The molecule has 37 heavy (non-hydrogen) atoms. The maximum atomic E-state index is 13.6. The number of hydrogen-bond acceptors (Lipinski definition) is 3. The molecule has 0 aliphatic carbocycles. The van der Waals surface area contributed by atoms with Gasteiger partial charge in [-0.15, -0.1) is 0 Å². The number of carbonyl (C=O) groups is 3. The van der Waals surface area contributed by atoms with Crippen molar-refractivity contribution in [2.75, 3.05) is 6.54 Å². The zero-order valence-electron chi connectivity index (χ0n) is 20.5. The van der Waals surface area contributed by atoms with Crippen molar-refractivity contribution in [1.29, 1.82) is 0 Å². The molecule has 0 fully saturated rings. The van der Waals surface area contributed by atoms with E-state index in [1.165, 1.54) is 0 Å². The molecule has 3 atom stereocenters. The Morgan fingerprint density at radius 2 is 1.73 bits per heavy atom. The zero-order chi connectivity index (χ0) is 25.5. The second kappa shape index (κ2) is 9.24. The fourth-order valence-corrected chi connectivity index (χ4v) is 5.64. The highest BCUT2D eigenvalue weighted by molar-refractivity contribution is 6.04. The van der Waals surface area contributed by atoms with E-state index in [4.69, 9.17) is 0 Å². The summed E-state index contributed by atoms with van der Waals surface area (Å²) in [5.74, 6) is -0.738. The Kier molecular flexibility index (Phi) is 5.75. The van der Waals surface area contributed by atoms with Crippen LogP contribution in [0.15, 0.2) is 78.9 Å². The third-order valence-corrected chi connectivity index (χ3v) is 7.46. The highest BCUT2D eigenvalue weighted by atomic mass is 16.2. The summed E-state index contributed by atoms with van der Waals surface area (Å²) in [7, 11) is 0. The minimum Gasteiger partial charge on any atom is -0.356 e. The lowest BCUT2D eigenvalue weighted by Gasteiger charge is -2.37. The van der Waals surface area contributed by atoms with Crippen molar-refractivity contribution in [3.63, 3.8) is 0 Å². The first-order chi connectivity index (χ1) is 18.0. The van der Waals surface area contributed by atoms with E-state index in [1.807, 2.05) is 78.9 Å². The first-order valence-corrected chi connectivity index (χ1v) is 12.7. The van der Waals surface area contributed by atoms with Crippen molar-refractivity contribution in [3.05, 3.63) is 107 Å². The molecule has 6 rings (SSSR count). The van der Waals surface area contributed by atoms with E-state index in [-0.39, 0.29) is 23.8 Å². The first-order valence-electron chi connectivity index (χ1n) is 12.7. The van der Waals surface area contributed by atoms with Gasteiger partial charge in [0.1, 0.15) is 12.1 Å². The highest BCUT2D eigenvalue weighted by Crippen LogP contribution is 2.46. The van der Waals surface area contributed by atoms with Crippen LogP contribution in [0.2, 0.25) is 0 Å². The Labute approximate surface area is 214 Å². The second-order valence-electron chi connectivity index (χ2n) is 9.74. The van der Waals surface area contributed by atoms with Crippen molar-refractivity contribution in [2.24, 2.45) is 0 Å². The van der Waals surface area contributed by atoms with Gasteiger partial charge in [-0.05, 0) is 42.2 Å². The van der Waals surface area contributed by atoms with Crippen LogP contribution >= 0.6 is 0 Å². The first kappa shape index (κ1) is 23.0. The smallest absolute Gasteiger partial charge is 0.255 e. The van der Waals surface area contributed by atoms with Crippen molar-refractivity contribution in [3.8, 4) is 0 Å². The van der Waals surface area contributed by atoms with Crippen LogP contribution in [0.3, 0.4) is 0 Å². The molecule has 186 valence electrons. The van der Waals surface area contributed by atoms with Crippen LogP contribution < -0.4 is 10.6 Å². The normalized spacial score (nSPS) is 18.6. The van der Waals surface area contributed by atoms with E-state index in [9.17, 15) is 14.4 Å². The third kappa shape index (κ3) is 3.96. The lowest BCUT2D eigenvalue weighted by Crippen LogP contribution is -2.56. The van der Waals surface area contributed by atoms with Gasteiger partial charge in [-0.2, -0.15) is 0 Å². The quantitative estimate of drug-likeness (QED) is 0.385. The van der Waals surface area contributed by atoms with Crippen molar-refractivity contribution >= 4 is 28.6 Å². The lowest BCUT2D eigenvalue weighted by atomic mass is 9.90. The summed E-state index contributed by atoms with van der Waals surface area (Å²) in [4.78, 5) is 45.1. The topological polar surface area (TPSA) is 94.3 Å². The predicted octanol–water partition coefficient (Wildman–Crippen LogP) is 3.50. The van der Waals surface area contributed by atoms with Crippen molar-refractivity contribution in [2.45, 2.75) is 37.9 Å². The lowest BCUT2D eigenvalue weighted by molar-refractivity contribution is -0.131. The number of nitrogens with one attached hydrogen (secondary N) is 3. The van der Waals surface area contributed by atoms with Gasteiger partial charge in [0.05, 0.1) is 6.04 Å². The van der Waals surface area contributed by atoms with Gasteiger partial charge in [0.2, 0.25) is 11.8 Å². The number of carbonyl (C=O) groups excluding carboxylic acids is 3. The molecular weight excluding hydrogens is 464 g/mol. The summed E-state index contributed by atoms with van der Waals surface area (Å²) in [6.07, 6.45) is 1.09. The third-order valence-electron chi connectivity index (χ3n) is 7.46. The summed E-state index contributed by atoms with van der Waals surface area (Å²) in [6, 6.07) is 23.6. The molecule has 3 aromatic carbocycles. The molecule has 0 unspecified atom stereocenters. The fourth-order valence-electron chi connectivity index (χ4n) is 5.64. The van der Waals surface area contributed by atoms with E-state index in [0.29, 0.717) is 24.9 Å². The van der Waals surface area contributed by atoms with Crippen LogP contribution in [-0.2, 0) is 22.4 Å². The van der Waals surface area contributed by atoms with Gasteiger partial charge in [0, 0.05) is 35.1 Å². The summed E-state index contributed by atoms with van der Waals surface area (Å²) < 4.78 is 0. The van der Waals surface area contributed by atoms with E-state index in [0.717, 1.165) is 33.3 Å². The number of aromatic amines is 1. The van der Waals surface area contributed by atoms with Crippen LogP contribution in [0.25, 0.3) is 10.9 Å². The number of hydrogen-bond donors (Lipinski definition) is 3. The number of H-pyrrole nitrogens is 1. The molecule has 0 saturated heterocycles. The number of para-hydroxylation sites is 1. The Morgan fingerprint density at radius 1 is 1.00 bits per heavy atom. The summed E-state index contributed by atoms with van der Waals surface area (Å²) in [5, 5.41) is 6.83. The van der Waals surface area contributed by atoms with E-state index in [1.54, 1.807) is 11.8 Å². The van der Waals surface area contributed by atoms with Crippen LogP contribution in [0.5, 0.6) is 0 Å². The van der Waals surface area contributed by atoms with Gasteiger partial charge < -0.3 is 20.5 Å². The molecule has 7 nitrogen and oxygen atoms in total. The molecule has 2 aliphatic heterocycles. The van der Waals surface area contributed by atoms with Crippen LogP contribution in [0, 0.1) is 0 Å². The van der Waals surface area contributed by atoms with Crippen molar-refractivity contribution < 1.29 is 14.4 Å². The molecule has 0 saturated carbocycles. The number of fused-ring (bicyclic) bond motifs is 7. The minimum absolute atomic E-state index is 0.162. The van der Waals surface area contributed by atoms with Gasteiger partial charge in [0.25, 0.3) is 5.91 Å². The second-order valence-corrected chi connectivity index (χ2v) is 9.74. The number of rotatable bonds is 6. The van der Waals surface area contributed by atoms with Gasteiger partial charge in [-0.25, -0.2) is 0 Å². The summed E-state index contributed by atoms with van der Waals surface area (Å²) in [5.41, 5.74) is 5.62. The van der Waals surface area contributed by atoms with Gasteiger partial charge >= 0.3 is 0 Å². The SMILES string of the molecule is C[C@H](NC(=O)[C@@H]1Cc2c([nH]c3ccccc23)[C@H]2c3ccccc3C(=O)N21)C(=O)NCCc1ccccc1. The Balaban J connectivity index is 1.24. The van der Waals surface area contributed by atoms with Gasteiger partial charge in [-0.3, -0.25) is 14.4 Å². The van der Waals surface area contributed by atoms with E-state index >= 15 is 0 Å². The summed E-state index contributed by atoms with van der Waals surface area (Å²) >= 11 is 0. The highest BCUT2D eigenvalue weighted by Gasteiger charge is 2.49. The maximum absolute atomic E-state index is 13.6. The van der Waals surface area contributed by atoms with Crippen LogP contribution in [0.1, 0.15) is 45.7 Å². The molecule has 3 heterocycles. The number of amides is 3. The van der Waals surface area contributed by atoms with Gasteiger partial charge in [0.15, 0.2) is 0 Å². The molecule has 3 amide bonds. The Bertz CT molecular complexity index is 1510. The average molecular weight is 493 g/mol. The molecule has 7 heteroatoms. The van der Waals surface area contributed by atoms with Gasteiger partial charge in [-0.1, -0.05) is 66.7 Å². The Hall–Kier alpha value is -4.39. The molecule has 3 N–H and O–H groups in total. The minimum atomic E-state index is -0.730. The van der Waals surface area contributed by atoms with Crippen molar-refractivity contribution in [1.82, 2.24) is 20.5 Å². The Morgan fingerprint density at radius 3 is 2.57 bits per heavy atom. The number of nitrogens with zero attached hydrogens (tertiary/aromatic N) is 1. The standard InChI is InChI=1S/C30H28N4O3/c1-18(28(35)31-16-15-19-9-3-2-4-10-19)32-29(36)25-17-23-20-11-7-8-14-24(20)33-26(23)27-21-12-5-6-13-22(21)30(37)34(25)27/h2-14,18,25,27,33H,15-17H2,1H3,(H,31,35)(H,32,36)/t18-,25-,27+/m0/s1. The summed E-state index contributed by atoms with van der Waals surface area (Å²) in [6.45, 7) is 2.15. The molecule has 0 radical (unpaired) electrons. The molecule has 2 aliphatic rings. The van der Waals surface area contributed by atoms with Crippen LogP contribution in [0.4, 0.5) is 0 Å². The molecule has 4 aromatic rings. The monoisotopic (exact) mass is 492 g/mol. The van der Waals surface area contributed by atoms with E-state index in [2.05, 4.69) is 15.6 Å². The number of aromatic nitrogens is 1. The molecule has 1 aromatic heterocycles. The molecule has 0 spiro atoms. The predicted molar refractivity (Wildman–Crippen MR) is 141 cm³/mol. The largest absolute Gasteiger partial charge is 0.356 e. The average Bonchev–Trinajstić information content (AvgIpc) is 3.44. The maximum Gasteiger partial charge on any atom is 0.255 e. The van der Waals surface area contributed by atoms with E-state index < -0.39 is 12.1 Å². The zero-order valence-corrected chi connectivity index (χ0v) is 20.5. The van der Waals surface area contributed by atoms with Crippen LogP contribution in [-0.4, -0.2) is 46.2 Å².